The fourth-order valence-corrected chi connectivity index (χ4v) is 4.79. The van der Waals surface area contributed by atoms with E-state index in [1.165, 1.54) is 23.8 Å². The molecule has 8 N–H and O–H groups in total. The highest BCUT2D eigenvalue weighted by atomic mass is 32.1. The number of hydrazine groups is 1. The average molecular weight is 611 g/mol. The number of thiazole rings is 1. The molecule has 0 bridgehead atoms. The average Bonchev–Trinajstić information content (AvgIpc) is 3.70. The summed E-state index contributed by atoms with van der Waals surface area (Å²) in [7, 11) is 0. The van der Waals surface area contributed by atoms with Gasteiger partial charge in [-0.3, -0.25) is 29.6 Å². The van der Waals surface area contributed by atoms with Crippen molar-refractivity contribution in [1.29, 1.82) is 0 Å². The second kappa shape index (κ2) is 16.8. The maximum atomic E-state index is 13.5. The number of amides is 3. The van der Waals surface area contributed by atoms with Gasteiger partial charge in [0.15, 0.2) is 11.0 Å². The number of benzene rings is 1. The summed E-state index contributed by atoms with van der Waals surface area (Å²) in [5.74, 6) is -1.70. The first-order valence-corrected chi connectivity index (χ1v) is 14.7. The number of nitrogens with two attached hydrogens (primary N) is 2. The number of guanidine groups is 1. The van der Waals surface area contributed by atoms with E-state index >= 15 is 0 Å². The van der Waals surface area contributed by atoms with E-state index in [-0.39, 0.29) is 48.5 Å². The van der Waals surface area contributed by atoms with Gasteiger partial charge in [0.2, 0.25) is 23.5 Å². The van der Waals surface area contributed by atoms with Crippen molar-refractivity contribution < 1.29 is 23.6 Å². The van der Waals surface area contributed by atoms with Crippen LogP contribution in [-0.2, 0) is 27.2 Å². The van der Waals surface area contributed by atoms with Crippen LogP contribution in [-0.4, -0.2) is 59.1 Å². The Kier molecular flexibility index (Phi) is 12.9. The van der Waals surface area contributed by atoms with Crippen molar-refractivity contribution in [2.45, 2.75) is 57.7 Å². The van der Waals surface area contributed by atoms with Gasteiger partial charge >= 0.3 is 0 Å². The molecule has 43 heavy (non-hydrogen) atoms. The number of Topliss-reactive ketones (excluding diaryl/α,β-unsaturated/α-hetero) is 1. The Morgan fingerprint density at radius 2 is 1.77 bits per heavy atom. The number of carbonyl (C=O) groups excluding carboxylic acids is 4. The Bertz CT molecular complexity index is 1340. The minimum atomic E-state index is -0.976. The lowest BCUT2D eigenvalue weighted by atomic mass is 9.99. The Morgan fingerprint density at radius 3 is 2.40 bits per heavy atom. The van der Waals surface area contributed by atoms with Crippen LogP contribution in [0.15, 0.2) is 69.7 Å². The molecule has 2 aromatic heterocycles. The van der Waals surface area contributed by atoms with Gasteiger partial charge in [-0.2, -0.15) is 0 Å². The minimum Gasteiger partial charge on any atom is -0.469 e. The summed E-state index contributed by atoms with van der Waals surface area (Å²) in [6, 6.07) is 9.83. The number of nitrogens with one attached hydrogen (secondary N) is 4. The summed E-state index contributed by atoms with van der Waals surface area (Å²) in [5.41, 5.74) is 17.0. The lowest BCUT2D eigenvalue weighted by Gasteiger charge is -2.27. The van der Waals surface area contributed by atoms with Crippen LogP contribution in [0.5, 0.6) is 0 Å². The van der Waals surface area contributed by atoms with Crippen LogP contribution in [0.4, 0.5) is 0 Å². The molecule has 3 amide bonds. The van der Waals surface area contributed by atoms with Crippen molar-refractivity contribution in [2.24, 2.45) is 22.4 Å². The standard InChI is InChI=1S/C29H38N8O5S/c1-18(2)24(27(41)34-21(11-6-12-33-29(30)31)25(39)28-32-13-15-43-28)35-26(40)22(16-19-8-4-3-5-9-19)36-37-23(38)17-20-10-7-14-42-20/h3-5,7-10,13-15,18,21-22,24,36H,6,11-12,16-17H2,1-2H3,(H,34,41)(H,35,40)(H,37,38)(H4,30,31,33)/t21-,22-,24-/m0/s1. The van der Waals surface area contributed by atoms with Gasteiger partial charge in [0, 0.05) is 18.1 Å². The van der Waals surface area contributed by atoms with Crippen molar-refractivity contribution in [3.63, 3.8) is 0 Å². The van der Waals surface area contributed by atoms with Crippen molar-refractivity contribution >= 4 is 40.8 Å². The van der Waals surface area contributed by atoms with Crippen molar-refractivity contribution in [1.82, 2.24) is 26.5 Å². The van der Waals surface area contributed by atoms with E-state index in [4.69, 9.17) is 15.9 Å². The third-order valence-electron chi connectivity index (χ3n) is 6.37. The van der Waals surface area contributed by atoms with Gasteiger partial charge < -0.3 is 26.5 Å². The van der Waals surface area contributed by atoms with Crippen LogP contribution in [0.25, 0.3) is 0 Å². The molecular weight excluding hydrogens is 572 g/mol. The maximum Gasteiger partial charge on any atom is 0.243 e. The Morgan fingerprint density at radius 1 is 1.00 bits per heavy atom. The van der Waals surface area contributed by atoms with Crippen LogP contribution in [0, 0.1) is 5.92 Å². The molecule has 0 fully saturated rings. The molecular formula is C29H38N8O5S. The summed E-state index contributed by atoms with van der Waals surface area (Å²) < 4.78 is 5.22. The number of rotatable bonds is 17. The Labute approximate surface area is 253 Å². The lowest BCUT2D eigenvalue weighted by molar-refractivity contribution is -0.132. The second-order valence-corrected chi connectivity index (χ2v) is 11.0. The monoisotopic (exact) mass is 610 g/mol. The van der Waals surface area contributed by atoms with Crippen molar-refractivity contribution in [3.05, 3.63) is 76.6 Å². The molecule has 230 valence electrons. The molecule has 0 saturated heterocycles. The summed E-state index contributed by atoms with van der Waals surface area (Å²) >= 11 is 1.17. The predicted molar refractivity (Wildman–Crippen MR) is 163 cm³/mol. The number of aliphatic imine (C=N–C) groups is 1. The molecule has 3 atom stereocenters. The highest BCUT2D eigenvalue weighted by molar-refractivity contribution is 7.11. The largest absolute Gasteiger partial charge is 0.469 e. The molecule has 3 rings (SSSR count). The van der Waals surface area contributed by atoms with Gasteiger partial charge in [-0.1, -0.05) is 44.2 Å². The van der Waals surface area contributed by atoms with E-state index in [0.717, 1.165) is 5.56 Å². The zero-order valence-electron chi connectivity index (χ0n) is 24.1. The quantitative estimate of drug-likeness (QED) is 0.0424. The zero-order chi connectivity index (χ0) is 31.2. The topological polar surface area (TPSA) is 207 Å². The van der Waals surface area contributed by atoms with Crippen LogP contribution in [0.1, 0.15) is 47.8 Å². The number of hydrogen-bond acceptors (Lipinski definition) is 9. The van der Waals surface area contributed by atoms with Gasteiger partial charge in [-0.05, 0) is 42.9 Å². The normalized spacial score (nSPS) is 13.0. The molecule has 13 nitrogen and oxygen atoms in total. The van der Waals surface area contributed by atoms with E-state index in [1.54, 1.807) is 31.4 Å². The van der Waals surface area contributed by atoms with E-state index in [2.05, 4.69) is 31.5 Å². The van der Waals surface area contributed by atoms with Crippen LogP contribution < -0.4 is 33.0 Å². The van der Waals surface area contributed by atoms with E-state index in [0.29, 0.717) is 12.2 Å². The molecule has 0 aliphatic carbocycles. The molecule has 0 aliphatic heterocycles. The number of nitrogens with zero attached hydrogens (tertiary/aromatic N) is 2. The molecule has 3 aromatic rings. The van der Waals surface area contributed by atoms with Crippen LogP contribution in [0.2, 0.25) is 0 Å². The number of ketones is 1. The van der Waals surface area contributed by atoms with Crippen molar-refractivity contribution in [2.75, 3.05) is 6.54 Å². The SMILES string of the molecule is CC(C)[C@H](NC(=O)[C@H](Cc1ccccc1)NNC(=O)Cc1ccco1)C(=O)N[C@@H](CCCN=C(N)N)C(=O)c1nccs1. The summed E-state index contributed by atoms with van der Waals surface area (Å²) in [5, 5.41) is 7.54. The molecule has 0 unspecified atom stereocenters. The van der Waals surface area contributed by atoms with E-state index < -0.39 is 35.8 Å². The Balaban J connectivity index is 1.71. The second-order valence-electron chi connectivity index (χ2n) is 10.1. The summed E-state index contributed by atoms with van der Waals surface area (Å²) in [6.07, 6.45) is 3.89. The van der Waals surface area contributed by atoms with E-state index in [9.17, 15) is 19.2 Å². The van der Waals surface area contributed by atoms with Gasteiger partial charge in [0.05, 0.1) is 18.7 Å². The van der Waals surface area contributed by atoms with Gasteiger partial charge in [-0.15, -0.1) is 11.3 Å². The molecule has 0 radical (unpaired) electrons. The fourth-order valence-electron chi connectivity index (χ4n) is 4.16. The number of aromatic nitrogens is 1. The molecule has 2 heterocycles. The first-order chi connectivity index (χ1) is 20.6. The third kappa shape index (κ3) is 11.0. The number of hydrogen-bond donors (Lipinski definition) is 6. The molecule has 0 spiro atoms. The fraction of sp³-hybridized carbons (Fsp3) is 0.379. The molecule has 0 saturated carbocycles. The number of furan rings is 1. The van der Waals surface area contributed by atoms with Crippen LogP contribution >= 0.6 is 11.3 Å². The lowest BCUT2D eigenvalue weighted by Crippen LogP contribution is -2.59. The molecule has 1 aromatic carbocycles. The third-order valence-corrected chi connectivity index (χ3v) is 7.16. The minimum absolute atomic E-state index is 0.0194. The first-order valence-electron chi connectivity index (χ1n) is 13.8. The van der Waals surface area contributed by atoms with Gasteiger partial charge in [0.1, 0.15) is 17.8 Å². The smallest absolute Gasteiger partial charge is 0.243 e. The maximum absolute atomic E-state index is 13.5. The van der Waals surface area contributed by atoms with Gasteiger partial charge in [-0.25, -0.2) is 10.4 Å². The van der Waals surface area contributed by atoms with E-state index in [1.807, 2.05) is 30.3 Å². The highest BCUT2D eigenvalue weighted by Gasteiger charge is 2.32. The predicted octanol–water partition coefficient (Wildman–Crippen LogP) is 1.07. The first kappa shape index (κ1) is 32.9. The summed E-state index contributed by atoms with van der Waals surface area (Å²) in [6.45, 7) is 3.85. The highest BCUT2D eigenvalue weighted by Crippen LogP contribution is 2.13. The Hall–Kier alpha value is -4.56. The number of carbonyl (C=O) groups is 4. The molecule has 14 heteroatoms. The summed E-state index contributed by atoms with van der Waals surface area (Å²) in [4.78, 5) is 60.7. The van der Waals surface area contributed by atoms with Crippen LogP contribution in [0.3, 0.4) is 0 Å². The molecule has 0 aliphatic rings. The zero-order valence-corrected chi connectivity index (χ0v) is 24.9. The van der Waals surface area contributed by atoms with Crippen molar-refractivity contribution in [3.8, 4) is 0 Å². The van der Waals surface area contributed by atoms with Gasteiger partial charge in [0.25, 0.3) is 0 Å².